The molecule has 0 unspecified atom stereocenters. The number of amides is 2. The van der Waals surface area contributed by atoms with E-state index < -0.39 is 5.97 Å². The molecule has 0 radical (unpaired) electrons. The van der Waals surface area contributed by atoms with Gasteiger partial charge in [-0.15, -0.1) is 0 Å². The predicted octanol–water partition coefficient (Wildman–Crippen LogP) is 2.95. The molecule has 1 N–H and O–H groups in total. The molecule has 27 heavy (non-hydrogen) atoms. The minimum absolute atomic E-state index is 0.0463. The molecular formula is C21H22N2O4. The summed E-state index contributed by atoms with van der Waals surface area (Å²) in [6.07, 6.45) is 0.939. The maximum atomic E-state index is 12.6. The Morgan fingerprint density at radius 2 is 1.93 bits per heavy atom. The van der Waals surface area contributed by atoms with Gasteiger partial charge in [-0.1, -0.05) is 30.3 Å². The average molecular weight is 366 g/mol. The van der Waals surface area contributed by atoms with Gasteiger partial charge in [0.15, 0.2) is 0 Å². The van der Waals surface area contributed by atoms with E-state index in [1.54, 1.807) is 29.2 Å². The summed E-state index contributed by atoms with van der Waals surface area (Å²) in [5, 5.41) is 2.81. The molecule has 0 saturated heterocycles. The third kappa shape index (κ3) is 4.16. The van der Waals surface area contributed by atoms with Crippen molar-refractivity contribution in [3.8, 4) is 0 Å². The highest BCUT2D eigenvalue weighted by atomic mass is 16.5. The minimum Gasteiger partial charge on any atom is -0.465 e. The second-order valence-corrected chi connectivity index (χ2v) is 6.50. The van der Waals surface area contributed by atoms with Gasteiger partial charge >= 0.3 is 5.97 Å². The lowest BCUT2D eigenvalue weighted by Gasteiger charge is -2.36. The van der Waals surface area contributed by atoms with Gasteiger partial charge in [-0.3, -0.25) is 9.59 Å². The Kier molecular flexibility index (Phi) is 5.54. The molecule has 2 aromatic carbocycles. The molecular weight excluding hydrogens is 344 g/mol. The monoisotopic (exact) mass is 366 g/mol. The van der Waals surface area contributed by atoms with E-state index >= 15 is 0 Å². The Bertz CT molecular complexity index is 878. The molecule has 2 aromatic rings. The number of nitrogens with zero attached hydrogens (tertiary/aromatic N) is 1. The summed E-state index contributed by atoms with van der Waals surface area (Å²) in [4.78, 5) is 38.1. The number of methoxy groups -OCH3 is 1. The molecule has 0 bridgehead atoms. The zero-order chi connectivity index (χ0) is 19.4. The van der Waals surface area contributed by atoms with E-state index in [2.05, 4.69) is 5.32 Å². The summed E-state index contributed by atoms with van der Waals surface area (Å²) in [7, 11) is 1.31. The lowest BCUT2D eigenvalue weighted by Crippen LogP contribution is -2.40. The van der Waals surface area contributed by atoms with E-state index in [1.807, 2.05) is 24.3 Å². The van der Waals surface area contributed by atoms with Crippen molar-refractivity contribution in [1.29, 1.82) is 0 Å². The highest BCUT2D eigenvalue weighted by Crippen LogP contribution is 2.32. The van der Waals surface area contributed by atoms with Gasteiger partial charge in [-0.2, -0.15) is 0 Å². The Morgan fingerprint density at radius 1 is 1.15 bits per heavy atom. The van der Waals surface area contributed by atoms with Crippen LogP contribution in [-0.2, 0) is 20.7 Å². The maximum Gasteiger partial charge on any atom is 0.337 e. The Labute approximate surface area is 158 Å². The topological polar surface area (TPSA) is 75.7 Å². The zero-order valence-corrected chi connectivity index (χ0v) is 15.4. The number of anilines is 1. The fraction of sp³-hybridized carbons (Fsp3) is 0.286. The number of rotatable bonds is 4. The lowest BCUT2D eigenvalue weighted by molar-refractivity contribution is -0.132. The molecule has 140 valence electrons. The third-order valence-corrected chi connectivity index (χ3v) is 4.76. The van der Waals surface area contributed by atoms with Gasteiger partial charge < -0.3 is 15.0 Å². The van der Waals surface area contributed by atoms with E-state index in [1.165, 1.54) is 19.6 Å². The molecule has 2 amide bonds. The second-order valence-electron chi connectivity index (χ2n) is 6.50. The van der Waals surface area contributed by atoms with E-state index in [0.717, 1.165) is 12.0 Å². The van der Waals surface area contributed by atoms with E-state index in [9.17, 15) is 14.4 Å². The minimum atomic E-state index is -0.463. The molecule has 1 aliphatic rings. The van der Waals surface area contributed by atoms with Crippen LogP contribution in [0.2, 0.25) is 0 Å². The van der Waals surface area contributed by atoms with Crippen molar-refractivity contribution in [2.75, 3.05) is 19.0 Å². The first-order valence-corrected chi connectivity index (χ1v) is 8.83. The fourth-order valence-corrected chi connectivity index (χ4v) is 3.48. The van der Waals surface area contributed by atoms with Gasteiger partial charge in [0.2, 0.25) is 11.8 Å². The number of hydrogen-bond donors (Lipinski definition) is 1. The van der Waals surface area contributed by atoms with Crippen molar-refractivity contribution in [1.82, 2.24) is 4.90 Å². The van der Waals surface area contributed by atoms with Crippen LogP contribution in [0.3, 0.4) is 0 Å². The smallest absolute Gasteiger partial charge is 0.337 e. The van der Waals surface area contributed by atoms with Crippen LogP contribution in [0.4, 0.5) is 5.69 Å². The number of ether oxygens (including phenoxy) is 1. The number of nitrogens with one attached hydrogen (secondary N) is 1. The normalized spacial score (nSPS) is 15.6. The van der Waals surface area contributed by atoms with Crippen LogP contribution in [0, 0.1) is 0 Å². The van der Waals surface area contributed by atoms with Crippen LogP contribution in [-0.4, -0.2) is 36.3 Å². The third-order valence-electron chi connectivity index (χ3n) is 4.76. The van der Waals surface area contributed by atoms with E-state index in [-0.39, 0.29) is 24.3 Å². The summed E-state index contributed by atoms with van der Waals surface area (Å²) in [6, 6.07) is 14.2. The van der Waals surface area contributed by atoms with Crippen LogP contribution in [0.5, 0.6) is 0 Å². The van der Waals surface area contributed by atoms with Crippen molar-refractivity contribution in [2.45, 2.75) is 25.8 Å². The molecule has 0 aromatic heterocycles. The Balaban J connectivity index is 1.78. The number of hydrogen-bond acceptors (Lipinski definition) is 4. The van der Waals surface area contributed by atoms with Crippen LogP contribution in [0.15, 0.2) is 48.5 Å². The average Bonchev–Trinajstić information content (AvgIpc) is 2.67. The predicted molar refractivity (Wildman–Crippen MR) is 101 cm³/mol. The second kappa shape index (κ2) is 8.03. The fourth-order valence-electron chi connectivity index (χ4n) is 3.48. The molecule has 0 fully saturated rings. The number of fused-ring (bicyclic) bond motifs is 1. The standard InChI is InChI=1S/C21H22N2O4/c1-14(24)23-11-10-15-6-3-4-9-18(15)19(23)13-20(25)22-17-8-5-7-16(12-17)21(26)27-2/h3-9,12,19H,10-11,13H2,1-2H3,(H,22,25)/t19-/m0/s1. The van der Waals surface area contributed by atoms with Crippen molar-refractivity contribution in [3.63, 3.8) is 0 Å². The van der Waals surface area contributed by atoms with Gasteiger partial charge in [-0.05, 0) is 35.7 Å². The molecule has 1 heterocycles. The van der Waals surface area contributed by atoms with Crippen LogP contribution in [0.25, 0.3) is 0 Å². The quantitative estimate of drug-likeness (QED) is 0.844. The van der Waals surface area contributed by atoms with E-state index in [0.29, 0.717) is 17.8 Å². The number of benzene rings is 2. The molecule has 3 rings (SSSR count). The molecule has 0 aliphatic carbocycles. The highest BCUT2D eigenvalue weighted by Gasteiger charge is 2.30. The SMILES string of the molecule is COC(=O)c1cccc(NC(=O)C[C@H]2c3ccccc3CCN2C(C)=O)c1. The molecule has 1 atom stereocenters. The lowest BCUT2D eigenvalue weighted by atomic mass is 9.90. The van der Waals surface area contributed by atoms with Crippen molar-refractivity contribution in [3.05, 3.63) is 65.2 Å². The first kappa shape index (κ1) is 18.6. The van der Waals surface area contributed by atoms with Crippen LogP contribution < -0.4 is 5.32 Å². The maximum absolute atomic E-state index is 12.6. The van der Waals surface area contributed by atoms with Gasteiger partial charge in [0.05, 0.1) is 25.1 Å². The van der Waals surface area contributed by atoms with Gasteiger partial charge in [-0.25, -0.2) is 4.79 Å². The summed E-state index contributed by atoms with van der Waals surface area (Å²) in [5.41, 5.74) is 3.06. The summed E-state index contributed by atoms with van der Waals surface area (Å²) in [5.74, 6) is -0.727. The Morgan fingerprint density at radius 3 is 2.67 bits per heavy atom. The number of carbonyl (C=O) groups is 3. The zero-order valence-electron chi connectivity index (χ0n) is 15.4. The number of esters is 1. The first-order valence-electron chi connectivity index (χ1n) is 8.83. The van der Waals surface area contributed by atoms with Crippen molar-refractivity contribution >= 4 is 23.5 Å². The van der Waals surface area contributed by atoms with Gasteiger partial charge in [0.25, 0.3) is 0 Å². The summed E-state index contributed by atoms with van der Waals surface area (Å²) < 4.78 is 4.70. The first-order chi connectivity index (χ1) is 13.0. The molecule has 6 heteroatoms. The Hall–Kier alpha value is -3.15. The van der Waals surface area contributed by atoms with Gasteiger partial charge in [0, 0.05) is 19.2 Å². The molecule has 1 aliphatic heterocycles. The summed E-state index contributed by atoms with van der Waals surface area (Å²) >= 11 is 0. The molecule has 6 nitrogen and oxygen atoms in total. The van der Waals surface area contributed by atoms with E-state index in [4.69, 9.17) is 4.74 Å². The largest absolute Gasteiger partial charge is 0.465 e. The van der Waals surface area contributed by atoms with Crippen LogP contribution in [0.1, 0.15) is 40.9 Å². The number of carbonyl (C=O) groups excluding carboxylic acids is 3. The van der Waals surface area contributed by atoms with Crippen molar-refractivity contribution < 1.29 is 19.1 Å². The van der Waals surface area contributed by atoms with Crippen LogP contribution >= 0.6 is 0 Å². The van der Waals surface area contributed by atoms with Gasteiger partial charge in [0.1, 0.15) is 0 Å². The molecule has 0 spiro atoms. The summed E-state index contributed by atoms with van der Waals surface area (Å²) in [6.45, 7) is 2.13. The molecule has 0 saturated carbocycles. The highest BCUT2D eigenvalue weighted by molar-refractivity contribution is 5.95. The van der Waals surface area contributed by atoms with Crippen molar-refractivity contribution in [2.24, 2.45) is 0 Å².